The molecule has 0 spiro atoms. The van der Waals surface area contributed by atoms with E-state index in [9.17, 15) is 0 Å². The molecule has 1 heterocycles. The van der Waals surface area contributed by atoms with Crippen LogP contribution < -0.4 is 4.74 Å². The highest BCUT2D eigenvalue weighted by molar-refractivity contribution is 5.66. The van der Waals surface area contributed by atoms with Gasteiger partial charge in [0.25, 0.3) is 0 Å². The molecule has 0 fully saturated rings. The summed E-state index contributed by atoms with van der Waals surface area (Å²) in [4.78, 5) is 4.21. The van der Waals surface area contributed by atoms with Crippen LogP contribution in [0.5, 0.6) is 5.75 Å². The zero-order valence-corrected chi connectivity index (χ0v) is 9.47. The maximum atomic E-state index is 8.82. The highest BCUT2D eigenvalue weighted by Gasteiger charge is 2.07. The summed E-state index contributed by atoms with van der Waals surface area (Å²) in [5, 5.41) is 8.82. The minimum absolute atomic E-state index is 0.380. The van der Waals surface area contributed by atoms with Crippen molar-refractivity contribution in [2.45, 2.75) is 6.92 Å². The summed E-state index contributed by atoms with van der Waals surface area (Å²) in [5.74, 6) is 0.758. The van der Waals surface area contributed by atoms with E-state index in [0.29, 0.717) is 18.0 Å². The fourth-order valence-electron chi connectivity index (χ4n) is 1.53. The number of rotatable bonds is 3. The fraction of sp³-hybridized carbons (Fsp3) is 0.143. The summed E-state index contributed by atoms with van der Waals surface area (Å²) in [6.07, 6.45) is 0. The minimum Gasteiger partial charge on any atom is -0.493 e. The summed E-state index contributed by atoms with van der Waals surface area (Å²) < 4.78 is 5.52. The first-order valence-electron chi connectivity index (χ1n) is 5.36. The van der Waals surface area contributed by atoms with Crippen molar-refractivity contribution in [3.8, 4) is 23.1 Å². The first kappa shape index (κ1) is 11.2. The first-order valence-corrected chi connectivity index (χ1v) is 5.36. The van der Waals surface area contributed by atoms with Crippen LogP contribution in [-0.4, -0.2) is 11.6 Å². The molecule has 0 bridgehead atoms. The lowest BCUT2D eigenvalue weighted by Crippen LogP contribution is -1.95. The molecule has 0 aliphatic carbocycles. The fourth-order valence-corrected chi connectivity index (χ4v) is 1.53. The second-order valence-corrected chi connectivity index (χ2v) is 3.36. The van der Waals surface area contributed by atoms with Crippen molar-refractivity contribution >= 4 is 0 Å². The van der Waals surface area contributed by atoms with E-state index in [1.54, 1.807) is 12.1 Å². The average Bonchev–Trinajstić information content (AvgIpc) is 2.40. The third kappa shape index (κ3) is 2.43. The number of hydrogen-bond acceptors (Lipinski definition) is 3. The molecular formula is C14H11N2O. The topological polar surface area (TPSA) is 45.9 Å². The number of nitriles is 1. The Morgan fingerprint density at radius 2 is 2.18 bits per heavy atom. The van der Waals surface area contributed by atoms with Crippen molar-refractivity contribution in [3.63, 3.8) is 0 Å². The largest absolute Gasteiger partial charge is 0.493 e. The zero-order valence-electron chi connectivity index (χ0n) is 9.47. The number of hydrogen-bond donors (Lipinski definition) is 0. The molecule has 83 valence electrons. The summed E-state index contributed by atoms with van der Waals surface area (Å²) >= 11 is 0. The lowest BCUT2D eigenvalue weighted by molar-refractivity contribution is 0.341. The van der Waals surface area contributed by atoms with Gasteiger partial charge in [-0.25, -0.2) is 4.98 Å². The van der Waals surface area contributed by atoms with E-state index in [0.717, 1.165) is 11.3 Å². The molecule has 0 N–H and O–H groups in total. The monoisotopic (exact) mass is 223 g/mol. The molecule has 17 heavy (non-hydrogen) atoms. The van der Waals surface area contributed by atoms with Crippen molar-refractivity contribution in [1.82, 2.24) is 4.98 Å². The molecule has 1 aromatic heterocycles. The average molecular weight is 223 g/mol. The van der Waals surface area contributed by atoms with E-state index < -0.39 is 0 Å². The molecule has 1 aromatic carbocycles. The third-order valence-corrected chi connectivity index (χ3v) is 2.25. The van der Waals surface area contributed by atoms with Gasteiger partial charge in [-0.15, -0.1) is 0 Å². The molecule has 0 saturated heterocycles. The van der Waals surface area contributed by atoms with Crippen molar-refractivity contribution in [2.24, 2.45) is 0 Å². The maximum absolute atomic E-state index is 8.82. The Balaban J connectivity index is 2.48. The molecule has 0 unspecified atom stereocenters. The predicted molar refractivity (Wildman–Crippen MR) is 64.4 cm³/mol. The van der Waals surface area contributed by atoms with E-state index in [4.69, 9.17) is 10.00 Å². The van der Waals surface area contributed by atoms with Crippen LogP contribution in [-0.2, 0) is 0 Å². The van der Waals surface area contributed by atoms with E-state index >= 15 is 0 Å². The second-order valence-electron chi connectivity index (χ2n) is 3.36. The highest BCUT2D eigenvalue weighted by atomic mass is 16.5. The maximum Gasteiger partial charge on any atom is 0.141 e. The van der Waals surface area contributed by atoms with Gasteiger partial charge in [-0.3, -0.25) is 0 Å². The van der Waals surface area contributed by atoms with Crippen LogP contribution in [0.3, 0.4) is 0 Å². The summed E-state index contributed by atoms with van der Waals surface area (Å²) in [6, 6.07) is 16.0. The van der Waals surface area contributed by atoms with Gasteiger partial charge < -0.3 is 4.74 Å². The Bertz CT molecular complexity index is 558. The van der Waals surface area contributed by atoms with Crippen LogP contribution in [0, 0.1) is 17.4 Å². The number of aromatic nitrogens is 1. The molecule has 0 atom stereocenters. The van der Waals surface area contributed by atoms with E-state index in [-0.39, 0.29) is 0 Å². The molecule has 0 aliphatic rings. The molecule has 0 amide bonds. The van der Waals surface area contributed by atoms with Crippen molar-refractivity contribution in [2.75, 3.05) is 6.61 Å². The van der Waals surface area contributed by atoms with Crippen LogP contribution >= 0.6 is 0 Å². The number of ether oxygens (including phenoxy) is 1. The van der Waals surface area contributed by atoms with Gasteiger partial charge in [0.2, 0.25) is 0 Å². The number of pyridine rings is 1. The minimum atomic E-state index is 0.380. The van der Waals surface area contributed by atoms with Crippen LogP contribution in [0.4, 0.5) is 0 Å². The van der Waals surface area contributed by atoms with Crippen molar-refractivity contribution in [3.05, 3.63) is 48.2 Å². The van der Waals surface area contributed by atoms with Gasteiger partial charge in [-0.1, -0.05) is 12.1 Å². The Morgan fingerprint density at radius 1 is 1.35 bits per heavy atom. The predicted octanol–water partition coefficient (Wildman–Crippen LogP) is 2.82. The quantitative estimate of drug-likeness (QED) is 0.803. The van der Waals surface area contributed by atoms with Crippen molar-refractivity contribution in [1.29, 1.82) is 5.26 Å². The Morgan fingerprint density at radius 3 is 2.94 bits per heavy atom. The number of para-hydroxylation sites is 1. The molecule has 2 aromatic rings. The van der Waals surface area contributed by atoms with Gasteiger partial charge in [-0.05, 0) is 31.2 Å². The lowest BCUT2D eigenvalue weighted by Gasteiger charge is -2.08. The summed E-state index contributed by atoms with van der Waals surface area (Å²) in [6.45, 7) is 2.52. The van der Waals surface area contributed by atoms with Crippen LogP contribution in [0.2, 0.25) is 0 Å². The smallest absolute Gasteiger partial charge is 0.141 e. The number of nitrogens with zero attached hydrogens (tertiary/aromatic N) is 2. The Kier molecular flexibility index (Phi) is 3.37. The van der Waals surface area contributed by atoms with Gasteiger partial charge in [-0.2, -0.15) is 5.26 Å². The molecule has 3 nitrogen and oxygen atoms in total. The van der Waals surface area contributed by atoms with E-state index in [1.807, 2.05) is 37.3 Å². The summed E-state index contributed by atoms with van der Waals surface area (Å²) in [5.41, 5.74) is 1.87. The van der Waals surface area contributed by atoms with Gasteiger partial charge in [0.15, 0.2) is 0 Å². The second kappa shape index (κ2) is 5.13. The molecular weight excluding hydrogens is 212 g/mol. The van der Waals surface area contributed by atoms with Gasteiger partial charge in [0, 0.05) is 11.6 Å². The van der Waals surface area contributed by atoms with Crippen LogP contribution in [0.15, 0.2) is 36.4 Å². The van der Waals surface area contributed by atoms with Gasteiger partial charge in [0.1, 0.15) is 17.5 Å². The zero-order chi connectivity index (χ0) is 12.1. The molecule has 2 rings (SSSR count). The molecule has 0 aliphatic heterocycles. The Labute approximate surface area is 100 Å². The van der Waals surface area contributed by atoms with Gasteiger partial charge >= 0.3 is 0 Å². The van der Waals surface area contributed by atoms with Crippen molar-refractivity contribution < 1.29 is 4.74 Å². The third-order valence-electron chi connectivity index (χ3n) is 2.25. The van der Waals surface area contributed by atoms with E-state index in [2.05, 4.69) is 11.1 Å². The van der Waals surface area contributed by atoms with Gasteiger partial charge in [0.05, 0.1) is 12.3 Å². The lowest BCUT2D eigenvalue weighted by atomic mass is 10.1. The molecule has 3 heteroatoms. The van der Waals surface area contributed by atoms with E-state index in [1.165, 1.54) is 0 Å². The number of benzene rings is 1. The molecule has 1 radical (unpaired) electrons. The normalized spacial score (nSPS) is 9.65. The summed E-state index contributed by atoms with van der Waals surface area (Å²) in [7, 11) is 0. The first-order chi connectivity index (χ1) is 8.35. The Hall–Kier alpha value is -2.34. The van der Waals surface area contributed by atoms with Crippen LogP contribution in [0.1, 0.15) is 12.6 Å². The van der Waals surface area contributed by atoms with Crippen LogP contribution in [0.25, 0.3) is 11.3 Å². The standard InChI is InChI=1S/C14H11N2O/c1-2-17-14-9-4-3-7-12(14)13-8-5-6-11(10-15)16-13/h3-7,9H,2H2,1H3. The SMILES string of the molecule is CCOc1ccccc1-c1[c]ccc(C#N)n1. The molecule has 0 saturated carbocycles. The highest BCUT2D eigenvalue weighted by Crippen LogP contribution is 2.27.